The lowest BCUT2D eigenvalue weighted by Gasteiger charge is -2.32. The van der Waals surface area contributed by atoms with Crippen molar-refractivity contribution < 1.29 is 14.6 Å². The standard InChI is InChI=1S/C23H27N3O3/c1-23-10-11-24(2)21(23)25(3)19-9-8-16(12-18(19)23)29-22(28)26-13-15-6-4-5-7-17(15)20(27)14-26/h4-9,12,20-21,27H,10-11,13-14H2,1-3H3/t20?,21-,23+/m1/s1. The number of rotatable bonds is 1. The van der Waals surface area contributed by atoms with Gasteiger partial charge in [-0.05, 0) is 48.4 Å². The Balaban J connectivity index is 1.38. The van der Waals surface area contributed by atoms with E-state index in [2.05, 4.69) is 36.9 Å². The third kappa shape index (κ3) is 2.74. The van der Waals surface area contributed by atoms with Crippen LogP contribution in [0, 0.1) is 0 Å². The van der Waals surface area contributed by atoms with Crippen LogP contribution in [0.15, 0.2) is 42.5 Å². The highest BCUT2D eigenvalue weighted by Gasteiger charge is 2.52. The van der Waals surface area contributed by atoms with Gasteiger partial charge in [0.05, 0.1) is 18.8 Å². The van der Waals surface area contributed by atoms with Crippen molar-refractivity contribution >= 4 is 11.8 Å². The van der Waals surface area contributed by atoms with Gasteiger partial charge in [0.25, 0.3) is 0 Å². The lowest BCUT2D eigenvalue weighted by Crippen LogP contribution is -2.45. The minimum atomic E-state index is -0.685. The monoisotopic (exact) mass is 393 g/mol. The highest BCUT2D eigenvalue weighted by molar-refractivity contribution is 5.73. The Hall–Kier alpha value is -2.57. The molecule has 152 valence electrons. The molecule has 1 unspecified atom stereocenters. The van der Waals surface area contributed by atoms with Crippen LogP contribution in [0.1, 0.15) is 36.1 Å². The van der Waals surface area contributed by atoms with Gasteiger partial charge in [-0.25, -0.2) is 4.79 Å². The molecule has 0 radical (unpaired) electrons. The van der Waals surface area contributed by atoms with E-state index in [-0.39, 0.29) is 12.0 Å². The van der Waals surface area contributed by atoms with Crippen molar-refractivity contribution in [1.82, 2.24) is 9.80 Å². The maximum Gasteiger partial charge on any atom is 0.415 e. The Kier molecular flexibility index (Phi) is 4.12. The Morgan fingerprint density at radius 1 is 1.21 bits per heavy atom. The molecule has 0 saturated carbocycles. The van der Waals surface area contributed by atoms with Crippen LogP contribution in [0.5, 0.6) is 5.75 Å². The predicted molar refractivity (Wildman–Crippen MR) is 111 cm³/mol. The fraction of sp³-hybridized carbons (Fsp3) is 0.435. The summed E-state index contributed by atoms with van der Waals surface area (Å²) in [5, 5.41) is 10.4. The topological polar surface area (TPSA) is 56.3 Å². The van der Waals surface area contributed by atoms with Gasteiger partial charge in [-0.1, -0.05) is 31.2 Å². The minimum Gasteiger partial charge on any atom is -0.410 e. The van der Waals surface area contributed by atoms with E-state index in [1.807, 2.05) is 36.4 Å². The number of likely N-dealkylation sites (N-methyl/N-ethyl adjacent to an activating group) is 2. The summed E-state index contributed by atoms with van der Waals surface area (Å²) in [6.45, 7) is 4.05. The second kappa shape index (κ2) is 6.47. The average molecular weight is 393 g/mol. The van der Waals surface area contributed by atoms with Crippen molar-refractivity contribution in [3.05, 3.63) is 59.2 Å². The van der Waals surface area contributed by atoms with Crippen LogP contribution in [0.25, 0.3) is 0 Å². The molecule has 1 fully saturated rings. The molecule has 0 aliphatic carbocycles. The van der Waals surface area contributed by atoms with Gasteiger partial charge in [-0.15, -0.1) is 0 Å². The lowest BCUT2D eigenvalue weighted by molar-refractivity contribution is 0.0856. The number of anilines is 1. The second-order valence-corrected chi connectivity index (χ2v) is 8.77. The molecule has 3 atom stereocenters. The van der Waals surface area contributed by atoms with Crippen LogP contribution in [0.3, 0.4) is 0 Å². The fourth-order valence-corrected chi connectivity index (χ4v) is 5.50. The summed E-state index contributed by atoms with van der Waals surface area (Å²) >= 11 is 0. The number of hydrogen-bond acceptors (Lipinski definition) is 5. The van der Waals surface area contributed by atoms with Gasteiger partial charge in [-0.2, -0.15) is 0 Å². The zero-order valence-electron chi connectivity index (χ0n) is 17.1. The van der Waals surface area contributed by atoms with Crippen LogP contribution in [0.4, 0.5) is 10.5 Å². The zero-order chi connectivity index (χ0) is 20.3. The van der Waals surface area contributed by atoms with E-state index in [9.17, 15) is 9.90 Å². The number of aliphatic hydroxyl groups excluding tert-OH is 1. The number of aliphatic hydroxyl groups is 1. The molecule has 5 rings (SSSR count). The maximum atomic E-state index is 12.8. The number of carbonyl (C=O) groups is 1. The average Bonchev–Trinajstić information content (AvgIpc) is 3.13. The number of hydrogen-bond donors (Lipinski definition) is 1. The summed E-state index contributed by atoms with van der Waals surface area (Å²) in [6.07, 6.45) is 0.306. The van der Waals surface area contributed by atoms with E-state index in [0.717, 1.165) is 24.1 Å². The predicted octanol–water partition coefficient (Wildman–Crippen LogP) is 3.10. The Labute approximate surface area is 171 Å². The largest absolute Gasteiger partial charge is 0.415 e. The SMILES string of the molecule is CN1CC[C@@]2(C)c3cc(OC(=O)N4Cc5ccccc5C(O)C4)ccc3N(C)[C@@H]12. The van der Waals surface area contributed by atoms with Crippen LogP contribution in [-0.4, -0.2) is 54.4 Å². The molecule has 3 aliphatic rings. The third-order valence-electron chi connectivity index (χ3n) is 6.93. The summed E-state index contributed by atoms with van der Waals surface area (Å²) in [5.74, 6) is 0.562. The molecule has 0 bridgehead atoms. The molecular formula is C23H27N3O3. The van der Waals surface area contributed by atoms with Gasteiger partial charge in [-0.3, -0.25) is 4.90 Å². The van der Waals surface area contributed by atoms with E-state index in [0.29, 0.717) is 18.5 Å². The third-order valence-corrected chi connectivity index (χ3v) is 6.93. The van der Waals surface area contributed by atoms with Crippen molar-refractivity contribution in [3.63, 3.8) is 0 Å². The van der Waals surface area contributed by atoms with Crippen LogP contribution < -0.4 is 9.64 Å². The summed E-state index contributed by atoms with van der Waals surface area (Å²) < 4.78 is 5.74. The second-order valence-electron chi connectivity index (χ2n) is 8.77. The van der Waals surface area contributed by atoms with Gasteiger partial charge < -0.3 is 19.6 Å². The smallest absolute Gasteiger partial charge is 0.410 e. The Morgan fingerprint density at radius 3 is 2.83 bits per heavy atom. The van der Waals surface area contributed by atoms with Gasteiger partial charge >= 0.3 is 6.09 Å². The van der Waals surface area contributed by atoms with E-state index >= 15 is 0 Å². The summed E-state index contributed by atoms with van der Waals surface area (Å²) in [4.78, 5) is 19.1. The Bertz CT molecular complexity index is 978. The van der Waals surface area contributed by atoms with E-state index in [1.54, 1.807) is 4.90 Å². The molecule has 1 saturated heterocycles. The number of carbonyl (C=O) groups excluding carboxylic acids is 1. The first-order valence-corrected chi connectivity index (χ1v) is 10.2. The number of ether oxygens (including phenoxy) is 1. The van der Waals surface area contributed by atoms with Crippen molar-refractivity contribution in [1.29, 1.82) is 0 Å². The minimum absolute atomic E-state index is 0.0293. The first-order chi connectivity index (χ1) is 13.9. The summed E-state index contributed by atoms with van der Waals surface area (Å²) in [7, 11) is 4.30. The highest BCUT2D eigenvalue weighted by atomic mass is 16.6. The molecule has 3 heterocycles. The van der Waals surface area contributed by atoms with Gasteiger partial charge in [0.2, 0.25) is 0 Å². The molecule has 1 amide bonds. The zero-order valence-corrected chi connectivity index (χ0v) is 17.1. The molecule has 1 N–H and O–H groups in total. The molecule has 0 aromatic heterocycles. The van der Waals surface area contributed by atoms with Gasteiger partial charge in [0, 0.05) is 31.2 Å². The number of fused-ring (bicyclic) bond motifs is 4. The van der Waals surface area contributed by atoms with Crippen LogP contribution in [-0.2, 0) is 12.0 Å². The first kappa shape index (κ1) is 18.5. The summed E-state index contributed by atoms with van der Waals surface area (Å²) in [6, 6.07) is 13.6. The van der Waals surface area contributed by atoms with Gasteiger partial charge in [0.15, 0.2) is 0 Å². The van der Waals surface area contributed by atoms with Crippen molar-refractivity contribution in [3.8, 4) is 5.75 Å². The normalized spacial score (nSPS) is 28.1. The Morgan fingerprint density at radius 2 is 2.00 bits per heavy atom. The molecule has 6 nitrogen and oxygen atoms in total. The number of benzene rings is 2. The number of amides is 1. The summed E-state index contributed by atoms with van der Waals surface area (Å²) in [5.41, 5.74) is 4.32. The van der Waals surface area contributed by atoms with Crippen molar-refractivity contribution in [2.75, 3.05) is 32.1 Å². The molecule has 0 spiro atoms. The number of nitrogens with zero attached hydrogens (tertiary/aromatic N) is 3. The quantitative estimate of drug-likeness (QED) is 0.807. The van der Waals surface area contributed by atoms with Gasteiger partial charge in [0.1, 0.15) is 5.75 Å². The first-order valence-electron chi connectivity index (χ1n) is 10.2. The molecule has 6 heteroatoms. The molecule has 2 aromatic rings. The van der Waals surface area contributed by atoms with E-state index < -0.39 is 12.2 Å². The van der Waals surface area contributed by atoms with E-state index in [1.165, 1.54) is 11.3 Å². The van der Waals surface area contributed by atoms with E-state index in [4.69, 9.17) is 4.74 Å². The molecular weight excluding hydrogens is 366 g/mol. The highest BCUT2D eigenvalue weighted by Crippen LogP contribution is 2.51. The molecule has 2 aromatic carbocycles. The van der Waals surface area contributed by atoms with Crippen LogP contribution >= 0.6 is 0 Å². The number of likely N-dealkylation sites (tertiary alicyclic amines) is 1. The molecule has 29 heavy (non-hydrogen) atoms. The number of β-amino-alcohol motifs (C(OH)–C–C–N with tert-alkyl or cyclic N) is 1. The van der Waals surface area contributed by atoms with Crippen molar-refractivity contribution in [2.45, 2.75) is 37.6 Å². The lowest BCUT2D eigenvalue weighted by atomic mass is 9.81. The maximum absolute atomic E-state index is 12.8. The van der Waals surface area contributed by atoms with Crippen LogP contribution in [0.2, 0.25) is 0 Å². The fourth-order valence-electron chi connectivity index (χ4n) is 5.50. The molecule has 3 aliphatic heterocycles. The van der Waals surface area contributed by atoms with Crippen molar-refractivity contribution in [2.24, 2.45) is 0 Å².